The monoisotopic (exact) mass is 273 g/mol. The van der Waals surface area contributed by atoms with Gasteiger partial charge in [-0.1, -0.05) is 45.9 Å². The van der Waals surface area contributed by atoms with Gasteiger partial charge in [-0.05, 0) is 24.9 Å². The molecular formula is C17H27N3. The molecule has 3 nitrogen and oxygen atoms in total. The number of rotatable bonds is 5. The number of hydrogen-bond donors (Lipinski definition) is 1. The summed E-state index contributed by atoms with van der Waals surface area (Å²) in [5, 5.41) is 9.73. The van der Waals surface area contributed by atoms with Gasteiger partial charge in [0.1, 0.15) is 0 Å². The standard InChI is InChI=1S/C17H27N3/c1-6-18-16(17(3,4)5)12-14-13-10-8-9-11-15(13)20(7-2)19-14/h8-11,16,18H,6-7,12H2,1-5H3. The van der Waals surface area contributed by atoms with Crippen LogP contribution < -0.4 is 5.32 Å². The zero-order valence-electron chi connectivity index (χ0n) is 13.4. The number of nitrogens with one attached hydrogen (secondary N) is 1. The molecule has 2 rings (SSSR count). The normalized spacial score (nSPS) is 13.8. The molecule has 1 heterocycles. The number of nitrogens with zero attached hydrogens (tertiary/aromatic N) is 2. The van der Waals surface area contributed by atoms with Crippen LogP contribution in [0, 0.1) is 5.41 Å². The van der Waals surface area contributed by atoms with Crippen LogP contribution >= 0.6 is 0 Å². The second-order valence-electron chi connectivity index (χ2n) is 6.46. The Hall–Kier alpha value is -1.35. The number of para-hydroxylation sites is 1. The van der Waals surface area contributed by atoms with Crippen LogP contribution in [0.2, 0.25) is 0 Å². The van der Waals surface area contributed by atoms with Gasteiger partial charge in [-0.3, -0.25) is 4.68 Å². The molecule has 0 bridgehead atoms. The van der Waals surface area contributed by atoms with Crippen LogP contribution in [0.3, 0.4) is 0 Å². The lowest BCUT2D eigenvalue weighted by atomic mass is 9.83. The summed E-state index contributed by atoms with van der Waals surface area (Å²) >= 11 is 0. The second kappa shape index (κ2) is 5.96. The first-order valence-corrected chi connectivity index (χ1v) is 7.65. The third-order valence-electron chi connectivity index (χ3n) is 3.93. The molecule has 1 N–H and O–H groups in total. The van der Waals surface area contributed by atoms with E-state index in [-0.39, 0.29) is 5.41 Å². The quantitative estimate of drug-likeness (QED) is 0.901. The van der Waals surface area contributed by atoms with Crippen molar-refractivity contribution in [3.8, 4) is 0 Å². The first-order valence-electron chi connectivity index (χ1n) is 7.65. The SMILES string of the molecule is CCNC(Cc1nn(CC)c2ccccc12)C(C)(C)C. The molecule has 0 spiro atoms. The van der Waals surface area contributed by atoms with Gasteiger partial charge in [0.25, 0.3) is 0 Å². The van der Waals surface area contributed by atoms with Crippen LogP contribution in [0.15, 0.2) is 24.3 Å². The van der Waals surface area contributed by atoms with Crippen molar-refractivity contribution in [2.75, 3.05) is 6.54 Å². The molecule has 0 saturated heterocycles. The van der Waals surface area contributed by atoms with Crippen molar-refractivity contribution in [3.05, 3.63) is 30.0 Å². The van der Waals surface area contributed by atoms with E-state index in [0.29, 0.717) is 6.04 Å². The second-order valence-corrected chi connectivity index (χ2v) is 6.46. The Balaban J connectivity index is 2.37. The highest BCUT2D eigenvalue weighted by Crippen LogP contribution is 2.26. The Bertz CT molecular complexity index is 563. The Kier molecular flexibility index (Phi) is 4.48. The highest BCUT2D eigenvalue weighted by atomic mass is 15.3. The zero-order chi connectivity index (χ0) is 14.8. The molecule has 0 fully saturated rings. The molecule has 1 atom stereocenters. The molecule has 1 aromatic heterocycles. The number of likely N-dealkylation sites (N-methyl/N-ethyl adjacent to an activating group) is 1. The number of hydrogen-bond acceptors (Lipinski definition) is 2. The van der Waals surface area contributed by atoms with E-state index < -0.39 is 0 Å². The fourth-order valence-corrected chi connectivity index (χ4v) is 2.71. The first kappa shape index (κ1) is 15.0. The summed E-state index contributed by atoms with van der Waals surface area (Å²) in [4.78, 5) is 0. The number of aryl methyl sites for hydroxylation is 1. The lowest BCUT2D eigenvalue weighted by molar-refractivity contribution is 0.268. The molecule has 1 unspecified atom stereocenters. The topological polar surface area (TPSA) is 29.9 Å². The van der Waals surface area contributed by atoms with Gasteiger partial charge < -0.3 is 5.32 Å². The highest BCUT2D eigenvalue weighted by Gasteiger charge is 2.25. The molecule has 2 aromatic rings. The summed E-state index contributed by atoms with van der Waals surface area (Å²) in [7, 11) is 0. The fraction of sp³-hybridized carbons (Fsp3) is 0.588. The molecule has 0 aliphatic carbocycles. The minimum atomic E-state index is 0.229. The lowest BCUT2D eigenvalue weighted by Gasteiger charge is -2.31. The molecule has 3 heteroatoms. The maximum atomic E-state index is 4.82. The van der Waals surface area contributed by atoms with Gasteiger partial charge in [-0.25, -0.2) is 0 Å². The summed E-state index contributed by atoms with van der Waals surface area (Å²) < 4.78 is 2.11. The van der Waals surface area contributed by atoms with Crippen LogP contribution in [0.5, 0.6) is 0 Å². The van der Waals surface area contributed by atoms with Gasteiger partial charge >= 0.3 is 0 Å². The van der Waals surface area contributed by atoms with Crippen molar-refractivity contribution in [1.82, 2.24) is 15.1 Å². The van der Waals surface area contributed by atoms with Crippen molar-refractivity contribution in [1.29, 1.82) is 0 Å². The van der Waals surface area contributed by atoms with Gasteiger partial charge in [-0.2, -0.15) is 5.10 Å². The molecule has 110 valence electrons. The van der Waals surface area contributed by atoms with E-state index in [1.54, 1.807) is 0 Å². The van der Waals surface area contributed by atoms with E-state index >= 15 is 0 Å². The molecule has 1 aromatic carbocycles. The summed E-state index contributed by atoms with van der Waals surface area (Å²) in [5.74, 6) is 0. The average Bonchev–Trinajstić information content (AvgIpc) is 2.76. The van der Waals surface area contributed by atoms with Crippen LogP contribution in [0.25, 0.3) is 10.9 Å². The Morgan fingerprint density at radius 2 is 1.90 bits per heavy atom. The van der Waals surface area contributed by atoms with Gasteiger partial charge in [0.05, 0.1) is 11.2 Å². The minimum Gasteiger partial charge on any atom is -0.313 e. The fourth-order valence-electron chi connectivity index (χ4n) is 2.71. The Morgan fingerprint density at radius 3 is 2.50 bits per heavy atom. The van der Waals surface area contributed by atoms with Gasteiger partial charge in [0.2, 0.25) is 0 Å². The molecule has 0 aliphatic rings. The predicted molar refractivity (Wildman–Crippen MR) is 86.0 cm³/mol. The van der Waals surface area contributed by atoms with Gasteiger partial charge in [0.15, 0.2) is 0 Å². The van der Waals surface area contributed by atoms with Crippen LogP contribution in [-0.4, -0.2) is 22.4 Å². The van der Waals surface area contributed by atoms with Crippen LogP contribution in [0.4, 0.5) is 0 Å². The van der Waals surface area contributed by atoms with E-state index in [1.807, 2.05) is 0 Å². The molecule has 0 aliphatic heterocycles. The van der Waals surface area contributed by atoms with E-state index in [0.717, 1.165) is 19.5 Å². The predicted octanol–water partition coefficient (Wildman–Crippen LogP) is 3.62. The molecular weight excluding hydrogens is 246 g/mol. The van der Waals surface area contributed by atoms with E-state index in [1.165, 1.54) is 16.6 Å². The van der Waals surface area contributed by atoms with Crippen molar-refractivity contribution < 1.29 is 0 Å². The van der Waals surface area contributed by atoms with Crippen LogP contribution in [0.1, 0.15) is 40.3 Å². The van der Waals surface area contributed by atoms with Gasteiger partial charge in [0, 0.05) is 24.4 Å². The van der Waals surface area contributed by atoms with E-state index in [2.05, 4.69) is 68.9 Å². The van der Waals surface area contributed by atoms with Crippen molar-refractivity contribution in [3.63, 3.8) is 0 Å². The largest absolute Gasteiger partial charge is 0.313 e. The third kappa shape index (κ3) is 3.04. The minimum absolute atomic E-state index is 0.229. The van der Waals surface area contributed by atoms with Crippen molar-refractivity contribution in [2.24, 2.45) is 5.41 Å². The number of aromatic nitrogens is 2. The molecule has 0 radical (unpaired) electrons. The van der Waals surface area contributed by atoms with E-state index in [4.69, 9.17) is 5.10 Å². The number of fused-ring (bicyclic) bond motifs is 1. The maximum absolute atomic E-state index is 4.82. The summed E-state index contributed by atoms with van der Waals surface area (Å²) in [5.41, 5.74) is 2.69. The highest BCUT2D eigenvalue weighted by molar-refractivity contribution is 5.82. The van der Waals surface area contributed by atoms with Gasteiger partial charge in [-0.15, -0.1) is 0 Å². The van der Waals surface area contributed by atoms with E-state index in [9.17, 15) is 0 Å². The number of benzene rings is 1. The lowest BCUT2D eigenvalue weighted by Crippen LogP contribution is -2.42. The summed E-state index contributed by atoms with van der Waals surface area (Å²) in [6.07, 6.45) is 0.977. The molecule has 0 amide bonds. The zero-order valence-corrected chi connectivity index (χ0v) is 13.4. The molecule has 0 saturated carbocycles. The average molecular weight is 273 g/mol. The first-order chi connectivity index (χ1) is 9.47. The van der Waals surface area contributed by atoms with Crippen molar-refractivity contribution >= 4 is 10.9 Å². The third-order valence-corrected chi connectivity index (χ3v) is 3.93. The smallest absolute Gasteiger partial charge is 0.0719 e. The summed E-state index contributed by atoms with van der Waals surface area (Å²) in [6.45, 7) is 13.1. The van der Waals surface area contributed by atoms with Crippen LogP contribution in [-0.2, 0) is 13.0 Å². The molecule has 20 heavy (non-hydrogen) atoms. The Labute approximate surface area is 122 Å². The summed E-state index contributed by atoms with van der Waals surface area (Å²) in [6, 6.07) is 8.99. The van der Waals surface area contributed by atoms with Crippen molar-refractivity contribution in [2.45, 2.75) is 53.6 Å². The maximum Gasteiger partial charge on any atom is 0.0719 e. The Morgan fingerprint density at radius 1 is 1.20 bits per heavy atom.